The van der Waals surface area contributed by atoms with Gasteiger partial charge in [0.1, 0.15) is 0 Å². The summed E-state index contributed by atoms with van der Waals surface area (Å²) < 4.78 is 5.62. The van der Waals surface area contributed by atoms with Gasteiger partial charge in [-0.3, -0.25) is 4.90 Å². The normalized spacial score (nSPS) is 29.1. The van der Waals surface area contributed by atoms with Crippen molar-refractivity contribution in [1.29, 1.82) is 0 Å². The van der Waals surface area contributed by atoms with Crippen molar-refractivity contribution in [3.63, 3.8) is 0 Å². The van der Waals surface area contributed by atoms with E-state index in [-0.39, 0.29) is 0 Å². The van der Waals surface area contributed by atoms with E-state index in [9.17, 15) is 0 Å². The molecule has 0 spiro atoms. The summed E-state index contributed by atoms with van der Waals surface area (Å²) in [6.45, 7) is 8.06. The van der Waals surface area contributed by atoms with Gasteiger partial charge in [0.25, 0.3) is 0 Å². The Morgan fingerprint density at radius 3 is 2.59 bits per heavy atom. The summed E-state index contributed by atoms with van der Waals surface area (Å²) in [7, 11) is 0. The number of likely N-dealkylation sites (tertiary alicyclic amines) is 1. The quantitative estimate of drug-likeness (QED) is 0.795. The molecule has 3 nitrogen and oxygen atoms in total. The van der Waals surface area contributed by atoms with Crippen LogP contribution in [0, 0.1) is 0 Å². The van der Waals surface area contributed by atoms with Crippen molar-refractivity contribution in [2.24, 2.45) is 0 Å². The average molecular weight is 240 g/mol. The second-order valence-corrected chi connectivity index (χ2v) is 5.59. The highest BCUT2D eigenvalue weighted by Gasteiger charge is 2.17. The molecule has 2 aliphatic rings. The van der Waals surface area contributed by atoms with Crippen molar-refractivity contribution < 1.29 is 4.74 Å². The van der Waals surface area contributed by atoms with E-state index in [2.05, 4.69) is 17.1 Å². The molecule has 3 heteroatoms. The predicted octanol–water partition coefficient (Wildman–Crippen LogP) is 2.02. The Morgan fingerprint density at radius 2 is 1.94 bits per heavy atom. The van der Waals surface area contributed by atoms with Gasteiger partial charge in [0.05, 0.1) is 6.10 Å². The molecule has 0 radical (unpaired) electrons. The first-order valence-electron chi connectivity index (χ1n) is 7.42. The third-order valence-electron chi connectivity index (χ3n) is 4.10. The zero-order valence-corrected chi connectivity index (χ0v) is 11.3. The number of nitrogens with zero attached hydrogens (tertiary/aromatic N) is 1. The summed E-state index contributed by atoms with van der Waals surface area (Å²) in [5, 5.41) is 3.58. The number of ether oxygens (including phenoxy) is 1. The molecule has 2 rings (SSSR count). The van der Waals surface area contributed by atoms with Crippen LogP contribution < -0.4 is 5.32 Å². The summed E-state index contributed by atoms with van der Waals surface area (Å²) in [6, 6.07) is 0.675. The number of nitrogens with one attached hydrogen (secondary N) is 1. The lowest BCUT2D eigenvalue weighted by molar-refractivity contribution is 0.107. The van der Waals surface area contributed by atoms with Crippen LogP contribution in [0.2, 0.25) is 0 Å². The summed E-state index contributed by atoms with van der Waals surface area (Å²) in [6.07, 6.45) is 8.58. The summed E-state index contributed by atoms with van der Waals surface area (Å²) >= 11 is 0. The Hall–Kier alpha value is -0.120. The maximum absolute atomic E-state index is 5.62. The zero-order valence-electron chi connectivity index (χ0n) is 11.3. The van der Waals surface area contributed by atoms with Gasteiger partial charge in [-0.05, 0) is 45.7 Å². The molecular weight excluding hydrogens is 212 g/mol. The van der Waals surface area contributed by atoms with Gasteiger partial charge in [0, 0.05) is 25.7 Å². The Kier molecular flexibility index (Phi) is 5.75. The molecule has 2 fully saturated rings. The highest BCUT2D eigenvalue weighted by atomic mass is 16.5. The maximum atomic E-state index is 5.62. The highest BCUT2D eigenvalue weighted by molar-refractivity contribution is 4.74. The van der Waals surface area contributed by atoms with E-state index in [1.165, 1.54) is 51.6 Å². The molecule has 2 saturated heterocycles. The fourth-order valence-corrected chi connectivity index (χ4v) is 2.92. The lowest BCUT2D eigenvalue weighted by Gasteiger charge is -2.28. The van der Waals surface area contributed by atoms with Crippen LogP contribution in [0.1, 0.15) is 45.4 Å². The molecule has 100 valence electrons. The second-order valence-electron chi connectivity index (χ2n) is 5.59. The van der Waals surface area contributed by atoms with E-state index in [0.29, 0.717) is 12.1 Å². The van der Waals surface area contributed by atoms with Crippen LogP contribution in [0.5, 0.6) is 0 Å². The molecule has 2 unspecified atom stereocenters. The van der Waals surface area contributed by atoms with Crippen LogP contribution in [-0.4, -0.2) is 49.8 Å². The SMILES string of the molecule is CC(CNCC1CCCO1)N1CCCCCC1. The Labute approximate surface area is 106 Å². The number of rotatable bonds is 5. The Morgan fingerprint density at radius 1 is 1.18 bits per heavy atom. The molecule has 1 N–H and O–H groups in total. The second kappa shape index (κ2) is 7.34. The van der Waals surface area contributed by atoms with Crippen LogP contribution in [-0.2, 0) is 4.74 Å². The monoisotopic (exact) mass is 240 g/mol. The van der Waals surface area contributed by atoms with Gasteiger partial charge in [0.2, 0.25) is 0 Å². The van der Waals surface area contributed by atoms with Gasteiger partial charge in [-0.25, -0.2) is 0 Å². The van der Waals surface area contributed by atoms with Crippen LogP contribution >= 0.6 is 0 Å². The first-order valence-corrected chi connectivity index (χ1v) is 7.42. The Bertz CT molecular complexity index is 196. The van der Waals surface area contributed by atoms with Crippen molar-refractivity contribution in [2.45, 2.75) is 57.6 Å². The van der Waals surface area contributed by atoms with E-state index < -0.39 is 0 Å². The molecule has 0 bridgehead atoms. The van der Waals surface area contributed by atoms with E-state index >= 15 is 0 Å². The lowest BCUT2D eigenvalue weighted by Crippen LogP contribution is -2.42. The van der Waals surface area contributed by atoms with E-state index in [4.69, 9.17) is 4.74 Å². The van der Waals surface area contributed by atoms with Gasteiger partial charge < -0.3 is 10.1 Å². The fourth-order valence-electron chi connectivity index (χ4n) is 2.92. The molecule has 0 aliphatic carbocycles. The van der Waals surface area contributed by atoms with Crippen LogP contribution in [0.25, 0.3) is 0 Å². The van der Waals surface area contributed by atoms with Crippen molar-refractivity contribution in [3.8, 4) is 0 Å². The molecule has 0 saturated carbocycles. The van der Waals surface area contributed by atoms with Crippen molar-refractivity contribution in [1.82, 2.24) is 10.2 Å². The van der Waals surface area contributed by atoms with E-state index in [0.717, 1.165) is 19.7 Å². The molecular formula is C14H28N2O. The van der Waals surface area contributed by atoms with Crippen molar-refractivity contribution >= 4 is 0 Å². The van der Waals surface area contributed by atoms with E-state index in [1.54, 1.807) is 0 Å². The van der Waals surface area contributed by atoms with Crippen molar-refractivity contribution in [3.05, 3.63) is 0 Å². The lowest BCUT2D eigenvalue weighted by atomic mass is 10.2. The largest absolute Gasteiger partial charge is 0.377 e. The summed E-state index contributed by atoms with van der Waals surface area (Å²) in [5.41, 5.74) is 0. The van der Waals surface area contributed by atoms with Gasteiger partial charge in [-0.2, -0.15) is 0 Å². The fraction of sp³-hybridized carbons (Fsp3) is 1.00. The minimum Gasteiger partial charge on any atom is -0.377 e. The standard InChI is InChI=1S/C14H28N2O/c1-13(16-8-4-2-3-5-9-16)11-15-12-14-7-6-10-17-14/h13-15H,2-12H2,1H3. The predicted molar refractivity (Wildman–Crippen MR) is 71.3 cm³/mol. The third kappa shape index (κ3) is 4.57. The molecule has 0 aromatic rings. The minimum absolute atomic E-state index is 0.478. The molecule has 0 aromatic carbocycles. The molecule has 2 atom stereocenters. The zero-order chi connectivity index (χ0) is 11.9. The first kappa shape index (κ1) is 13.3. The maximum Gasteiger partial charge on any atom is 0.0700 e. The molecule has 2 heterocycles. The number of hydrogen-bond acceptors (Lipinski definition) is 3. The van der Waals surface area contributed by atoms with Gasteiger partial charge in [-0.15, -0.1) is 0 Å². The summed E-state index contributed by atoms with van der Waals surface area (Å²) in [5.74, 6) is 0. The van der Waals surface area contributed by atoms with Gasteiger partial charge >= 0.3 is 0 Å². The minimum atomic E-state index is 0.478. The van der Waals surface area contributed by atoms with Crippen LogP contribution in [0.15, 0.2) is 0 Å². The first-order chi connectivity index (χ1) is 8.36. The average Bonchev–Trinajstić information content (AvgIpc) is 2.69. The topological polar surface area (TPSA) is 24.5 Å². The van der Waals surface area contributed by atoms with Gasteiger partial charge in [0.15, 0.2) is 0 Å². The smallest absolute Gasteiger partial charge is 0.0700 e. The number of hydrogen-bond donors (Lipinski definition) is 1. The molecule has 17 heavy (non-hydrogen) atoms. The third-order valence-corrected chi connectivity index (χ3v) is 4.10. The van der Waals surface area contributed by atoms with E-state index in [1.807, 2.05) is 0 Å². The highest BCUT2D eigenvalue weighted by Crippen LogP contribution is 2.13. The summed E-state index contributed by atoms with van der Waals surface area (Å²) in [4.78, 5) is 2.65. The molecule has 0 amide bonds. The van der Waals surface area contributed by atoms with Crippen LogP contribution in [0.4, 0.5) is 0 Å². The van der Waals surface area contributed by atoms with Crippen LogP contribution in [0.3, 0.4) is 0 Å². The molecule has 0 aromatic heterocycles. The van der Waals surface area contributed by atoms with Gasteiger partial charge in [-0.1, -0.05) is 12.8 Å². The van der Waals surface area contributed by atoms with Crippen molar-refractivity contribution in [2.75, 3.05) is 32.8 Å². The Balaban J connectivity index is 1.60. The molecule has 2 aliphatic heterocycles.